The Morgan fingerprint density at radius 3 is 2.55 bits per heavy atom. The molecule has 0 aliphatic carbocycles. The molecular formula is C21H22Cl3N3O3S. The molecule has 31 heavy (non-hydrogen) atoms. The molecule has 10 heteroatoms. The van der Waals surface area contributed by atoms with Gasteiger partial charge in [-0.3, -0.25) is 10.1 Å². The zero-order chi connectivity index (χ0) is 21.7. The Bertz CT molecular complexity index is 1070. The molecule has 0 saturated carbocycles. The van der Waals surface area contributed by atoms with Crippen molar-refractivity contribution in [2.75, 3.05) is 31.6 Å². The minimum absolute atomic E-state index is 0. The monoisotopic (exact) mass is 501 g/mol. The first-order valence-electron chi connectivity index (χ1n) is 9.47. The standard InChI is InChI=1S/C21H21Cl2N3O3S.ClH/c1-3-26(4-2)9-10-29-20(28)13-5-8-17-18(11-13)30-21(24-17)25-19(27)15-7-6-14(22)12-16(15)23;/h5-8,11-12H,3-4,9-10H2,1-2H3,(H,24,25,27);1H. The van der Waals surface area contributed by atoms with Crippen molar-refractivity contribution in [1.82, 2.24) is 9.88 Å². The van der Waals surface area contributed by atoms with Crippen LogP contribution in [0.1, 0.15) is 34.6 Å². The molecule has 1 N–H and O–H groups in total. The van der Waals surface area contributed by atoms with Crippen LogP contribution in [0.15, 0.2) is 36.4 Å². The summed E-state index contributed by atoms with van der Waals surface area (Å²) in [5.41, 5.74) is 1.43. The van der Waals surface area contributed by atoms with Crippen molar-refractivity contribution >= 4 is 74.2 Å². The highest BCUT2D eigenvalue weighted by Crippen LogP contribution is 2.28. The number of nitrogens with zero attached hydrogens (tertiary/aromatic N) is 2. The lowest BCUT2D eigenvalue weighted by Gasteiger charge is -2.17. The Morgan fingerprint density at radius 1 is 1.13 bits per heavy atom. The Kier molecular flexibility index (Phi) is 9.53. The number of anilines is 1. The van der Waals surface area contributed by atoms with E-state index in [1.807, 2.05) is 0 Å². The molecule has 0 atom stereocenters. The van der Waals surface area contributed by atoms with E-state index in [0.29, 0.717) is 39.9 Å². The fraction of sp³-hybridized carbons (Fsp3) is 0.286. The van der Waals surface area contributed by atoms with Crippen molar-refractivity contribution in [3.05, 3.63) is 57.6 Å². The van der Waals surface area contributed by atoms with Crippen LogP contribution in [0, 0.1) is 0 Å². The van der Waals surface area contributed by atoms with Crippen LogP contribution in [0.2, 0.25) is 10.0 Å². The number of carbonyl (C=O) groups is 2. The molecule has 166 valence electrons. The van der Waals surface area contributed by atoms with Gasteiger partial charge in [-0.2, -0.15) is 0 Å². The van der Waals surface area contributed by atoms with Crippen LogP contribution >= 0.6 is 46.9 Å². The number of ether oxygens (including phenoxy) is 1. The first-order valence-corrected chi connectivity index (χ1v) is 11.0. The molecule has 1 heterocycles. The highest BCUT2D eigenvalue weighted by Gasteiger charge is 2.15. The predicted octanol–water partition coefficient (Wildman–Crippen LogP) is 5.78. The second-order valence-corrected chi connectivity index (χ2v) is 8.32. The van der Waals surface area contributed by atoms with Gasteiger partial charge in [0.15, 0.2) is 5.13 Å². The smallest absolute Gasteiger partial charge is 0.338 e. The van der Waals surface area contributed by atoms with E-state index in [9.17, 15) is 9.59 Å². The minimum Gasteiger partial charge on any atom is -0.461 e. The minimum atomic E-state index is -0.383. The van der Waals surface area contributed by atoms with E-state index < -0.39 is 0 Å². The predicted molar refractivity (Wildman–Crippen MR) is 129 cm³/mol. The molecule has 1 aromatic heterocycles. The number of amides is 1. The zero-order valence-electron chi connectivity index (χ0n) is 17.0. The van der Waals surface area contributed by atoms with Gasteiger partial charge in [0, 0.05) is 11.6 Å². The summed E-state index contributed by atoms with van der Waals surface area (Å²) in [4.78, 5) is 31.4. The van der Waals surface area contributed by atoms with Crippen molar-refractivity contribution < 1.29 is 14.3 Å². The van der Waals surface area contributed by atoms with E-state index in [4.69, 9.17) is 27.9 Å². The molecule has 0 aliphatic rings. The normalized spacial score (nSPS) is 10.7. The van der Waals surface area contributed by atoms with Crippen LogP contribution in [0.5, 0.6) is 0 Å². The zero-order valence-corrected chi connectivity index (χ0v) is 20.1. The molecule has 0 spiro atoms. The lowest BCUT2D eigenvalue weighted by molar-refractivity contribution is 0.0466. The van der Waals surface area contributed by atoms with Crippen LogP contribution in [0.3, 0.4) is 0 Å². The average molecular weight is 503 g/mol. The first kappa shape index (κ1) is 25.4. The van der Waals surface area contributed by atoms with Gasteiger partial charge in [-0.05, 0) is 49.5 Å². The van der Waals surface area contributed by atoms with Crippen molar-refractivity contribution in [3.63, 3.8) is 0 Å². The number of nitrogens with one attached hydrogen (secondary N) is 1. The number of hydrogen-bond acceptors (Lipinski definition) is 6. The highest BCUT2D eigenvalue weighted by atomic mass is 35.5. The molecule has 1 amide bonds. The summed E-state index contributed by atoms with van der Waals surface area (Å²) in [6, 6.07) is 9.78. The van der Waals surface area contributed by atoms with Gasteiger partial charge in [-0.1, -0.05) is 48.4 Å². The number of esters is 1. The summed E-state index contributed by atoms with van der Waals surface area (Å²) in [6.45, 7) is 7.00. The molecule has 0 unspecified atom stereocenters. The number of halogens is 3. The molecule has 3 aromatic rings. The number of rotatable bonds is 8. The molecule has 0 saturated heterocycles. The summed E-state index contributed by atoms with van der Waals surface area (Å²) < 4.78 is 6.14. The number of fused-ring (bicyclic) bond motifs is 1. The Balaban J connectivity index is 0.00000341. The van der Waals surface area contributed by atoms with Crippen LogP contribution in [-0.2, 0) is 4.74 Å². The number of benzene rings is 2. The number of thiazole rings is 1. The quantitative estimate of drug-likeness (QED) is 0.396. The Labute approximate surface area is 200 Å². The van der Waals surface area contributed by atoms with E-state index in [2.05, 4.69) is 29.0 Å². The van der Waals surface area contributed by atoms with Crippen LogP contribution in [0.4, 0.5) is 5.13 Å². The third-order valence-corrected chi connectivity index (χ3v) is 6.04. The van der Waals surface area contributed by atoms with E-state index in [-0.39, 0.29) is 29.3 Å². The summed E-state index contributed by atoms with van der Waals surface area (Å²) in [7, 11) is 0. The topological polar surface area (TPSA) is 71.5 Å². The molecule has 0 bridgehead atoms. The second kappa shape index (κ2) is 11.6. The Morgan fingerprint density at radius 2 is 1.87 bits per heavy atom. The summed E-state index contributed by atoms with van der Waals surface area (Å²) in [6.07, 6.45) is 0. The summed E-state index contributed by atoms with van der Waals surface area (Å²) in [5.74, 6) is -0.761. The van der Waals surface area contributed by atoms with E-state index in [1.165, 1.54) is 17.4 Å². The maximum Gasteiger partial charge on any atom is 0.338 e. The van der Waals surface area contributed by atoms with Crippen molar-refractivity contribution in [2.24, 2.45) is 0 Å². The van der Waals surface area contributed by atoms with E-state index in [0.717, 1.165) is 17.8 Å². The molecule has 6 nitrogen and oxygen atoms in total. The van der Waals surface area contributed by atoms with Gasteiger partial charge >= 0.3 is 5.97 Å². The number of carbonyl (C=O) groups excluding carboxylic acids is 2. The number of aromatic nitrogens is 1. The molecule has 0 fully saturated rings. The average Bonchev–Trinajstić information content (AvgIpc) is 3.12. The van der Waals surface area contributed by atoms with Gasteiger partial charge in [-0.25, -0.2) is 9.78 Å². The van der Waals surface area contributed by atoms with Crippen LogP contribution in [0.25, 0.3) is 10.2 Å². The Hall–Kier alpha value is -1.90. The fourth-order valence-electron chi connectivity index (χ4n) is 2.83. The largest absolute Gasteiger partial charge is 0.461 e. The van der Waals surface area contributed by atoms with Crippen molar-refractivity contribution in [1.29, 1.82) is 0 Å². The molecule has 0 aliphatic heterocycles. The lowest BCUT2D eigenvalue weighted by Crippen LogP contribution is -2.27. The number of hydrogen-bond donors (Lipinski definition) is 1. The molecule has 3 rings (SSSR count). The summed E-state index contributed by atoms with van der Waals surface area (Å²) in [5, 5.41) is 3.86. The third kappa shape index (κ3) is 6.54. The van der Waals surface area contributed by atoms with E-state index in [1.54, 1.807) is 30.3 Å². The number of likely N-dealkylation sites (N-methyl/N-ethyl adjacent to an activating group) is 1. The van der Waals surface area contributed by atoms with Crippen LogP contribution < -0.4 is 5.32 Å². The van der Waals surface area contributed by atoms with Crippen LogP contribution in [-0.4, -0.2) is 48.0 Å². The first-order chi connectivity index (χ1) is 14.4. The maximum atomic E-state index is 12.5. The van der Waals surface area contributed by atoms with Gasteiger partial charge in [0.05, 0.1) is 26.4 Å². The van der Waals surface area contributed by atoms with Crippen molar-refractivity contribution in [3.8, 4) is 0 Å². The maximum absolute atomic E-state index is 12.5. The SMILES string of the molecule is CCN(CC)CCOC(=O)c1ccc2nc(NC(=O)c3ccc(Cl)cc3Cl)sc2c1.Cl. The highest BCUT2D eigenvalue weighted by molar-refractivity contribution is 7.22. The van der Waals surface area contributed by atoms with Gasteiger partial charge in [0.1, 0.15) is 6.61 Å². The fourth-order valence-corrected chi connectivity index (χ4v) is 4.23. The van der Waals surface area contributed by atoms with Gasteiger partial charge in [0.2, 0.25) is 0 Å². The molecule has 2 aromatic carbocycles. The van der Waals surface area contributed by atoms with E-state index >= 15 is 0 Å². The third-order valence-electron chi connectivity index (χ3n) is 4.56. The summed E-state index contributed by atoms with van der Waals surface area (Å²) >= 11 is 13.2. The lowest BCUT2D eigenvalue weighted by atomic mass is 10.2. The van der Waals surface area contributed by atoms with Gasteiger partial charge < -0.3 is 9.64 Å². The second-order valence-electron chi connectivity index (χ2n) is 6.44. The van der Waals surface area contributed by atoms with Gasteiger partial charge in [-0.15, -0.1) is 12.4 Å². The molecular weight excluding hydrogens is 481 g/mol. The molecule has 0 radical (unpaired) electrons. The van der Waals surface area contributed by atoms with Gasteiger partial charge in [0.25, 0.3) is 5.91 Å². The van der Waals surface area contributed by atoms with Crippen molar-refractivity contribution in [2.45, 2.75) is 13.8 Å².